The molecule has 3 nitrogen and oxygen atoms in total. The summed E-state index contributed by atoms with van der Waals surface area (Å²) in [6.45, 7) is 5.19. The Kier molecular flexibility index (Phi) is 4.02. The van der Waals surface area contributed by atoms with Gasteiger partial charge < -0.3 is 14.8 Å². The number of hydrogen-bond donors (Lipinski definition) is 1. The lowest BCUT2D eigenvalue weighted by Crippen LogP contribution is -2.36. The summed E-state index contributed by atoms with van der Waals surface area (Å²) in [5, 5.41) is 3.62. The van der Waals surface area contributed by atoms with Crippen molar-refractivity contribution < 1.29 is 9.47 Å². The van der Waals surface area contributed by atoms with Gasteiger partial charge in [-0.05, 0) is 38.0 Å². The Hall–Kier alpha value is -1.06. The van der Waals surface area contributed by atoms with E-state index in [2.05, 4.69) is 31.3 Å². The highest BCUT2D eigenvalue weighted by Crippen LogP contribution is 2.21. The molecule has 1 saturated heterocycles. The summed E-state index contributed by atoms with van der Waals surface area (Å²) in [6.07, 6.45) is 1.41. The van der Waals surface area contributed by atoms with Crippen LogP contribution in [-0.2, 0) is 4.74 Å². The molecule has 1 fully saturated rings. The molecule has 0 amide bonds. The van der Waals surface area contributed by atoms with Gasteiger partial charge in [0.2, 0.25) is 0 Å². The Morgan fingerprint density at radius 3 is 2.59 bits per heavy atom. The number of ether oxygens (including phenoxy) is 2. The molecule has 3 heteroatoms. The molecular formula is C14H21NO2. The van der Waals surface area contributed by atoms with Crippen molar-refractivity contribution in [3.8, 4) is 5.75 Å². The van der Waals surface area contributed by atoms with Crippen molar-refractivity contribution in [2.75, 3.05) is 13.7 Å². The van der Waals surface area contributed by atoms with E-state index >= 15 is 0 Å². The second kappa shape index (κ2) is 5.52. The van der Waals surface area contributed by atoms with Gasteiger partial charge >= 0.3 is 0 Å². The fourth-order valence-corrected chi connectivity index (χ4v) is 2.26. The molecule has 17 heavy (non-hydrogen) atoms. The SMILES string of the molecule is COc1ccc([C@H](C)NC2CCOC2C)cc1. The molecule has 1 aliphatic heterocycles. The fourth-order valence-electron chi connectivity index (χ4n) is 2.26. The summed E-state index contributed by atoms with van der Waals surface area (Å²) in [5.74, 6) is 0.901. The van der Waals surface area contributed by atoms with Crippen LogP contribution in [0.15, 0.2) is 24.3 Å². The van der Waals surface area contributed by atoms with Crippen molar-refractivity contribution in [1.82, 2.24) is 5.32 Å². The first kappa shape index (κ1) is 12.4. The fraction of sp³-hybridized carbons (Fsp3) is 0.571. The van der Waals surface area contributed by atoms with Crippen molar-refractivity contribution in [1.29, 1.82) is 0 Å². The largest absolute Gasteiger partial charge is 0.497 e. The summed E-state index contributed by atoms with van der Waals surface area (Å²) in [6, 6.07) is 9.03. The monoisotopic (exact) mass is 235 g/mol. The maximum absolute atomic E-state index is 5.56. The zero-order valence-corrected chi connectivity index (χ0v) is 10.8. The molecule has 0 aliphatic carbocycles. The average Bonchev–Trinajstić information content (AvgIpc) is 2.75. The van der Waals surface area contributed by atoms with Gasteiger partial charge in [-0.2, -0.15) is 0 Å². The second-order valence-corrected chi connectivity index (χ2v) is 4.63. The van der Waals surface area contributed by atoms with E-state index in [1.54, 1.807) is 7.11 Å². The van der Waals surface area contributed by atoms with E-state index in [0.717, 1.165) is 18.8 Å². The summed E-state index contributed by atoms with van der Waals surface area (Å²) in [4.78, 5) is 0. The van der Waals surface area contributed by atoms with Crippen molar-refractivity contribution in [3.05, 3.63) is 29.8 Å². The van der Waals surface area contributed by atoms with Gasteiger partial charge in [-0.25, -0.2) is 0 Å². The number of rotatable bonds is 4. The van der Waals surface area contributed by atoms with E-state index in [9.17, 15) is 0 Å². The maximum Gasteiger partial charge on any atom is 0.118 e. The molecule has 1 aromatic rings. The minimum absolute atomic E-state index is 0.315. The molecule has 1 aromatic carbocycles. The van der Waals surface area contributed by atoms with Crippen LogP contribution >= 0.6 is 0 Å². The standard InChI is InChI=1S/C14H21NO2/c1-10(15-14-8-9-17-11(14)2)12-4-6-13(16-3)7-5-12/h4-7,10-11,14-15H,8-9H2,1-3H3/t10-,11?,14?/m0/s1. The lowest BCUT2D eigenvalue weighted by Gasteiger charge is -2.22. The van der Waals surface area contributed by atoms with Gasteiger partial charge in [-0.15, -0.1) is 0 Å². The van der Waals surface area contributed by atoms with Gasteiger partial charge in [0.15, 0.2) is 0 Å². The van der Waals surface area contributed by atoms with Gasteiger partial charge in [0, 0.05) is 18.7 Å². The molecule has 0 aromatic heterocycles. The molecule has 3 atom stereocenters. The molecular weight excluding hydrogens is 214 g/mol. The smallest absolute Gasteiger partial charge is 0.118 e. The van der Waals surface area contributed by atoms with E-state index in [4.69, 9.17) is 9.47 Å². The Morgan fingerprint density at radius 2 is 2.06 bits per heavy atom. The predicted octanol–water partition coefficient (Wildman–Crippen LogP) is 2.52. The van der Waals surface area contributed by atoms with Crippen LogP contribution in [0.1, 0.15) is 31.9 Å². The van der Waals surface area contributed by atoms with Crippen LogP contribution in [0.3, 0.4) is 0 Å². The normalized spacial score (nSPS) is 25.8. The van der Waals surface area contributed by atoms with E-state index in [-0.39, 0.29) is 0 Å². The van der Waals surface area contributed by atoms with Gasteiger partial charge in [0.1, 0.15) is 5.75 Å². The molecule has 1 heterocycles. The Bertz CT molecular complexity index is 350. The number of benzene rings is 1. The lowest BCUT2D eigenvalue weighted by molar-refractivity contribution is 0.111. The van der Waals surface area contributed by atoms with Crippen molar-refractivity contribution >= 4 is 0 Å². The first-order valence-corrected chi connectivity index (χ1v) is 6.22. The second-order valence-electron chi connectivity index (χ2n) is 4.63. The summed E-state index contributed by atoms with van der Waals surface area (Å²) < 4.78 is 10.7. The first-order chi connectivity index (χ1) is 8.20. The summed E-state index contributed by atoms with van der Waals surface area (Å²) >= 11 is 0. The molecule has 2 rings (SSSR count). The Balaban J connectivity index is 1.96. The van der Waals surface area contributed by atoms with Crippen LogP contribution in [0.5, 0.6) is 5.75 Å². The van der Waals surface area contributed by atoms with Crippen molar-refractivity contribution in [2.24, 2.45) is 0 Å². The minimum atomic E-state index is 0.315. The highest BCUT2D eigenvalue weighted by molar-refractivity contribution is 5.28. The third-order valence-electron chi connectivity index (χ3n) is 3.46. The van der Waals surface area contributed by atoms with Crippen molar-refractivity contribution in [3.63, 3.8) is 0 Å². The summed E-state index contributed by atoms with van der Waals surface area (Å²) in [7, 11) is 1.69. The molecule has 0 radical (unpaired) electrons. The molecule has 0 spiro atoms. The van der Waals surface area contributed by atoms with Crippen LogP contribution in [0.4, 0.5) is 0 Å². The third-order valence-corrected chi connectivity index (χ3v) is 3.46. The third kappa shape index (κ3) is 2.99. The topological polar surface area (TPSA) is 30.5 Å². The number of nitrogens with one attached hydrogen (secondary N) is 1. The van der Waals surface area contributed by atoms with Crippen LogP contribution in [0.2, 0.25) is 0 Å². The number of hydrogen-bond acceptors (Lipinski definition) is 3. The number of methoxy groups -OCH3 is 1. The minimum Gasteiger partial charge on any atom is -0.497 e. The van der Waals surface area contributed by atoms with Gasteiger partial charge in [-0.3, -0.25) is 0 Å². The molecule has 1 aliphatic rings. The molecule has 0 bridgehead atoms. The van der Waals surface area contributed by atoms with E-state index in [1.165, 1.54) is 5.56 Å². The first-order valence-electron chi connectivity index (χ1n) is 6.22. The van der Waals surface area contributed by atoms with E-state index in [0.29, 0.717) is 18.2 Å². The average molecular weight is 235 g/mol. The zero-order chi connectivity index (χ0) is 12.3. The van der Waals surface area contributed by atoms with Gasteiger partial charge in [-0.1, -0.05) is 12.1 Å². The van der Waals surface area contributed by atoms with Crippen LogP contribution in [-0.4, -0.2) is 25.9 Å². The van der Waals surface area contributed by atoms with Crippen LogP contribution < -0.4 is 10.1 Å². The molecule has 2 unspecified atom stereocenters. The van der Waals surface area contributed by atoms with Gasteiger partial charge in [0.05, 0.1) is 13.2 Å². The maximum atomic E-state index is 5.56. The van der Waals surface area contributed by atoms with Crippen LogP contribution in [0, 0.1) is 0 Å². The molecule has 94 valence electrons. The quantitative estimate of drug-likeness (QED) is 0.870. The van der Waals surface area contributed by atoms with Gasteiger partial charge in [0.25, 0.3) is 0 Å². The summed E-state index contributed by atoms with van der Waals surface area (Å²) in [5.41, 5.74) is 1.28. The molecule has 1 N–H and O–H groups in total. The predicted molar refractivity (Wildman–Crippen MR) is 68.4 cm³/mol. The Labute approximate surface area is 103 Å². The zero-order valence-electron chi connectivity index (χ0n) is 10.8. The van der Waals surface area contributed by atoms with E-state index < -0.39 is 0 Å². The van der Waals surface area contributed by atoms with E-state index in [1.807, 2.05) is 12.1 Å². The lowest BCUT2D eigenvalue weighted by atomic mass is 10.1. The van der Waals surface area contributed by atoms with Crippen LogP contribution in [0.25, 0.3) is 0 Å². The highest BCUT2D eigenvalue weighted by Gasteiger charge is 2.25. The highest BCUT2D eigenvalue weighted by atomic mass is 16.5. The Morgan fingerprint density at radius 1 is 1.35 bits per heavy atom. The molecule has 0 saturated carbocycles. The van der Waals surface area contributed by atoms with Crippen molar-refractivity contribution in [2.45, 2.75) is 38.5 Å².